The van der Waals surface area contributed by atoms with Gasteiger partial charge in [0.2, 0.25) is 0 Å². The summed E-state index contributed by atoms with van der Waals surface area (Å²) in [4.78, 5) is 6.45. The van der Waals surface area contributed by atoms with E-state index in [0.29, 0.717) is 11.2 Å². The van der Waals surface area contributed by atoms with Crippen LogP contribution in [0.4, 0.5) is 5.69 Å². The molecule has 3 nitrogen and oxygen atoms in total. The van der Waals surface area contributed by atoms with E-state index in [4.69, 9.17) is 18.0 Å². The number of nitrogens with zero attached hydrogens (tertiary/aromatic N) is 2. The molecule has 2 heterocycles. The van der Waals surface area contributed by atoms with Crippen LogP contribution in [0.3, 0.4) is 0 Å². The number of hydrogen-bond donors (Lipinski definition) is 1. The van der Waals surface area contributed by atoms with Gasteiger partial charge < -0.3 is 5.32 Å². The van der Waals surface area contributed by atoms with Gasteiger partial charge in [-0.1, -0.05) is 17.5 Å². The SMILES string of the molecule is C#CCN1CCC(Nc2cc(C)cnc2Cl)CC1. The van der Waals surface area contributed by atoms with Gasteiger partial charge in [-0.3, -0.25) is 4.90 Å². The number of piperidine rings is 1. The fourth-order valence-electron chi connectivity index (χ4n) is 2.24. The van der Waals surface area contributed by atoms with Crippen molar-refractivity contribution in [3.8, 4) is 12.3 Å². The Kier molecular flexibility index (Phi) is 4.46. The lowest BCUT2D eigenvalue weighted by molar-refractivity contribution is 0.243. The van der Waals surface area contributed by atoms with E-state index >= 15 is 0 Å². The zero-order valence-electron chi connectivity index (χ0n) is 10.6. The molecule has 1 aliphatic heterocycles. The van der Waals surface area contributed by atoms with Crippen molar-refractivity contribution < 1.29 is 0 Å². The van der Waals surface area contributed by atoms with Crippen LogP contribution >= 0.6 is 11.6 Å². The van der Waals surface area contributed by atoms with Crippen molar-refractivity contribution in [1.82, 2.24) is 9.88 Å². The Morgan fingerprint density at radius 3 is 2.94 bits per heavy atom. The second-order valence-electron chi connectivity index (χ2n) is 4.75. The number of aryl methyl sites for hydroxylation is 1. The van der Waals surface area contributed by atoms with Crippen LogP contribution in [0, 0.1) is 19.3 Å². The molecule has 0 saturated carbocycles. The number of hydrogen-bond acceptors (Lipinski definition) is 3. The number of anilines is 1. The number of aromatic nitrogens is 1. The molecule has 0 amide bonds. The van der Waals surface area contributed by atoms with E-state index in [2.05, 4.69) is 21.1 Å². The van der Waals surface area contributed by atoms with Gasteiger partial charge in [0.05, 0.1) is 12.2 Å². The highest BCUT2D eigenvalue weighted by molar-refractivity contribution is 6.31. The van der Waals surface area contributed by atoms with Crippen LogP contribution in [0.5, 0.6) is 0 Å². The molecular formula is C14H18ClN3. The summed E-state index contributed by atoms with van der Waals surface area (Å²) in [5.41, 5.74) is 2.05. The quantitative estimate of drug-likeness (QED) is 0.671. The smallest absolute Gasteiger partial charge is 0.152 e. The normalized spacial score (nSPS) is 17.4. The molecule has 2 rings (SSSR count). The maximum absolute atomic E-state index is 6.08. The van der Waals surface area contributed by atoms with Crippen LogP contribution in [-0.4, -0.2) is 35.6 Å². The molecule has 0 aromatic carbocycles. The molecule has 1 N–H and O–H groups in total. The summed E-state index contributed by atoms with van der Waals surface area (Å²) in [6.07, 6.45) is 9.28. The van der Waals surface area contributed by atoms with Crippen molar-refractivity contribution in [2.24, 2.45) is 0 Å². The van der Waals surface area contributed by atoms with Crippen LogP contribution in [0.25, 0.3) is 0 Å². The summed E-state index contributed by atoms with van der Waals surface area (Å²) in [7, 11) is 0. The molecular weight excluding hydrogens is 246 g/mol. The highest BCUT2D eigenvalue weighted by Gasteiger charge is 2.19. The first-order valence-corrected chi connectivity index (χ1v) is 6.61. The van der Waals surface area contributed by atoms with Crippen LogP contribution < -0.4 is 5.32 Å². The van der Waals surface area contributed by atoms with E-state index in [1.807, 2.05) is 13.0 Å². The highest BCUT2D eigenvalue weighted by Crippen LogP contribution is 2.23. The summed E-state index contributed by atoms with van der Waals surface area (Å²) in [6.45, 7) is 4.85. The summed E-state index contributed by atoms with van der Waals surface area (Å²) in [5, 5.41) is 4.03. The van der Waals surface area contributed by atoms with Crippen LogP contribution in [0.1, 0.15) is 18.4 Å². The number of terminal acetylenes is 1. The first-order chi connectivity index (χ1) is 8.69. The minimum atomic E-state index is 0.458. The Morgan fingerprint density at radius 2 is 2.28 bits per heavy atom. The Balaban J connectivity index is 1.92. The molecule has 1 aromatic rings. The molecule has 1 saturated heterocycles. The minimum Gasteiger partial charge on any atom is -0.380 e. The van der Waals surface area contributed by atoms with Crippen LogP contribution in [0.15, 0.2) is 12.3 Å². The number of rotatable bonds is 3. The lowest BCUT2D eigenvalue weighted by Gasteiger charge is -2.31. The molecule has 1 fully saturated rings. The molecule has 0 atom stereocenters. The molecule has 0 aliphatic carbocycles. The van der Waals surface area contributed by atoms with Crippen molar-refractivity contribution in [2.45, 2.75) is 25.8 Å². The predicted molar refractivity (Wildman–Crippen MR) is 75.9 cm³/mol. The van der Waals surface area contributed by atoms with Gasteiger partial charge in [-0.2, -0.15) is 0 Å². The fourth-order valence-corrected chi connectivity index (χ4v) is 2.40. The molecule has 0 spiro atoms. The van der Waals surface area contributed by atoms with E-state index in [9.17, 15) is 0 Å². The van der Waals surface area contributed by atoms with Gasteiger partial charge >= 0.3 is 0 Å². The molecule has 4 heteroatoms. The zero-order chi connectivity index (χ0) is 13.0. The number of nitrogens with one attached hydrogen (secondary N) is 1. The third kappa shape index (κ3) is 3.38. The molecule has 0 unspecified atom stereocenters. The second kappa shape index (κ2) is 6.08. The van der Waals surface area contributed by atoms with E-state index in [1.165, 1.54) is 0 Å². The Bertz CT molecular complexity index is 445. The van der Waals surface area contributed by atoms with Crippen molar-refractivity contribution in [3.63, 3.8) is 0 Å². The third-order valence-electron chi connectivity index (χ3n) is 3.24. The van der Waals surface area contributed by atoms with E-state index in [0.717, 1.165) is 43.7 Å². The largest absolute Gasteiger partial charge is 0.380 e. The standard InChI is InChI=1S/C14H18ClN3/c1-3-6-18-7-4-12(5-8-18)17-13-9-11(2)10-16-14(13)15/h1,9-10,12,17H,4-8H2,2H3. The molecule has 96 valence electrons. The summed E-state index contributed by atoms with van der Waals surface area (Å²) >= 11 is 6.08. The molecule has 18 heavy (non-hydrogen) atoms. The lowest BCUT2D eigenvalue weighted by Crippen LogP contribution is -2.39. The van der Waals surface area contributed by atoms with Crippen molar-refractivity contribution in [1.29, 1.82) is 0 Å². The van der Waals surface area contributed by atoms with Gasteiger partial charge in [-0.25, -0.2) is 4.98 Å². The first kappa shape index (κ1) is 13.2. The maximum Gasteiger partial charge on any atom is 0.152 e. The highest BCUT2D eigenvalue weighted by atomic mass is 35.5. The summed E-state index contributed by atoms with van der Waals surface area (Å²) in [6, 6.07) is 2.50. The van der Waals surface area contributed by atoms with E-state index in [-0.39, 0.29) is 0 Å². The van der Waals surface area contributed by atoms with Crippen molar-refractivity contribution in [3.05, 3.63) is 23.0 Å². The van der Waals surface area contributed by atoms with Gasteiger partial charge in [-0.15, -0.1) is 6.42 Å². The Morgan fingerprint density at radius 1 is 1.56 bits per heavy atom. The molecule has 1 aliphatic rings. The van der Waals surface area contributed by atoms with Gasteiger partial charge in [0, 0.05) is 25.3 Å². The van der Waals surface area contributed by atoms with E-state index in [1.54, 1.807) is 6.20 Å². The summed E-state index contributed by atoms with van der Waals surface area (Å²) in [5.74, 6) is 2.69. The Hall–Kier alpha value is -1.24. The summed E-state index contributed by atoms with van der Waals surface area (Å²) < 4.78 is 0. The topological polar surface area (TPSA) is 28.2 Å². The van der Waals surface area contributed by atoms with Crippen molar-refractivity contribution >= 4 is 17.3 Å². The molecule has 0 radical (unpaired) electrons. The molecule has 1 aromatic heterocycles. The van der Waals surface area contributed by atoms with Gasteiger partial charge in [0.15, 0.2) is 5.15 Å². The van der Waals surface area contributed by atoms with Crippen molar-refractivity contribution in [2.75, 3.05) is 25.0 Å². The first-order valence-electron chi connectivity index (χ1n) is 6.23. The predicted octanol–water partition coefficient (Wildman–Crippen LogP) is 2.55. The average Bonchev–Trinajstić information content (AvgIpc) is 2.37. The average molecular weight is 264 g/mol. The Labute approximate surface area is 114 Å². The molecule has 0 bridgehead atoms. The maximum atomic E-state index is 6.08. The van der Waals surface area contributed by atoms with Gasteiger partial charge in [-0.05, 0) is 31.4 Å². The third-order valence-corrected chi connectivity index (χ3v) is 3.54. The van der Waals surface area contributed by atoms with E-state index < -0.39 is 0 Å². The lowest BCUT2D eigenvalue weighted by atomic mass is 10.0. The fraction of sp³-hybridized carbons (Fsp3) is 0.500. The minimum absolute atomic E-state index is 0.458. The zero-order valence-corrected chi connectivity index (χ0v) is 11.4. The number of pyridine rings is 1. The number of likely N-dealkylation sites (tertiary alicyclic amines) is 1. The van der Waals surface area contributed by atoms with Crippen LogP contribution in [0.2, 0.25) is 5.15 Å². The van der Waals surface area contributed by atoms with Gasteiger partial charge in [0.1, 0.15) is 0 Å². The number of halogens is 1. The monoisotopic (exact) mass is 263 g/mol. The van der Waals surface area contributed by atoms with Crippen LogP contribution in [-0.2, 0) is 0 Å². The van der Waals surface area contributed by atoms with Gasteiger partial charge in [0.25, 0.3) is 0 Å². The second-order valence-corrected chi connectivity index (χ2v) is 5.11.